The number of aryl methyl sites for hydroxylation is 1. The van der Waals surface area contributed by atoms with Gasteiger partial charge in [-0.25, -0.2) is 0 Å². The molecule has 6 heteroatoms. The highest BCUT2D eigenvalue weighted by molar-refractivity contribution is 5.76. The van der Waals surface area contributed by atoms with Crippen molar-refractivity contribution in [2.45, 2.75) is 53.6 Å². The third-order valence-corrected chi connectivity index (χ3v) is 3.53. The number of aliphatic hydroxyl groups excluding tert-OH is 1. The van der Waals surface area contributed by atoms with E-state index in [2.05, 4.69) is 10.4 Å². The van der Waals surface area contributed by atoms with Crippen LogP contribution in [0.2, 0.25) is 0 Å². The van der Waals surface area contributed by atoms with Crippen molar-refractivity contribution in [3.63, 3.8) is 0 Å². The van der Waals surface area contributed by atoms with Crippen molar-refractivity contribution in [2.24, 2.45) is 5.41 Å². The van der Waals surface area contributed by atoms with Crippen molar-refractivity contribution < 1.29 is 9.90 Å². The van der Waals surface area contributed by atoms with Gasteiger partial charge >= 0.3 is 0 Å². The van der Waals surface area contributed by atoms with Gasteiger partial charge < -0.3 is 16.2 Å². The molecular formula is C14H26N4O2. The molecule has 0 spiro atoms. The number of amides is 1. The number of hydrogen-bond donors (Lipinski definition) is 3. The van der Waals surface area contributed by atoms with Crippen LogP contribution in [-0.4, -0.2) is 33.4 Å². The predicted molar refractivity (Wildman–Crippen MR) is 79.2 cm³/mol. The third kappa shape index (κ3) is 3.96. The summed E-state index contributed by atoms with van der Waals surface area (Å²) in [6.45, 7) is 9.97. The average Bonchev–Trinajstić information content (AvgIpc) is 2.55. The highest BCUT2D eigenvalue weighted by Crippen LogP contribution is 2.21. The molecule has 0 aliphatic heterocycles. The first kappa shape index (κ1) is 16.5. The number of aliphatic hydroxyl groups is 1. The zero-order valence-electron chi connectivity index (χ0n) is 13.0. The molecule has 0 aromatic carbocycles. The van der Waals surface area contributed by atoms with Crippen molar-refractivity contribution in [3.8, 4) is 0 Å². The standard InChI is InChI=1S/C14H26N4O2/c1-9-13(15)10(2)18(17-9)8-12(20)16-11(6-7-19)14(3,4)5/h11,19H,6-8,15H2,1-5H3,(H,16,20). The van der Waals surface area contributed by atoms with Crippen LogP contribution in [0.5, 0.6) is 0 Å². The Morgan fingerprint density at radius 3 is 2.45 bits per heavy atom. The summed E-state index contributed by atoms with van der Waals surface area (Å²) in [5.74, 6) is -0.121. The molecule has 0 fully saturated rings. The van der Waals surface area contributed by atoms with Crippen LogP contribution in [0.4, 0.5) is 5.69 Å². The Morgan fingerprint density at radius 2 is 2.05 bits per heavy atom. The minimum absolute atomic E-state index is 0.0507. The molecular weight excluding hydrogens is 256 g/mol. The van der Waals surface area contributed by atoms with Gasteiger partial charge in [-0.05, 0) is 25.7 Å². The minimum atomic E-state index is -0.121. The Hall–Kier alpha value is -1.56. The number of aromatic nitrogens is 2. The number of rotatable bonds is 5. The number of nitrogen functional groups attached to an aromatic ring is 1. The van der Waals surface area contributed by atoms with Crippen molar-refractivity contribution in [1.82, 2.24) is 15.1 Å². The number of hydrogen-bond acceptors (Lipinski definition) is 4. The molecule has 0 radical (unpaired) electrons. The van der Waals surface area contributed by atoms with Gasteiger partial charge in [-0.2, -0.15) is 5.10 Å². The van der Waals surface area contributed by atoms with Crippen molar-refractivity contribution in [3.05, 3.63) is 11.4 Å². The quantitative estimate of drug-likeness (QED) is 0.751. The summed E-state index contributed by atoms with van der Waals surface area (Å²) in [5, 5.41) is 16.3. The van der Waals surface area contributed by atoms with E-state index in [1.807, 2.05) is 34.6 Å². The van der Waals surface area contributed by atoms with E-state index in [1.165, 1.54) is 0 Å². The molecule has 6 nitrogen and oxygen atoms in total. The summed E-state index contributed by atoms with van der Waals surface area (Å²) in [5.41, 5.74) is 7.90. The fourth-order valence-electron chi connectivity index (χ4n) is 2.09. The van der Waals surface area contributed by atoms with Crippen LogP contribution in [0.1, 0.15) is 38.6 Å². The Balaban J connectivity index is 2.73. The lowest BCUT2D eigenvalue weighted by atomic mass is 9.85. The Kier molecular flexibility index (Phi) is 5.16. The lowest BCUT2D eigenvalue weighted by Crippen LogP contribution is -2.45. The molecule has 1 unspecified atom stereocenters. The second kappa shape index (κ2) is 6.26. The van der Waals surface area contributed by atoms with Gasteiger partial charge in [-0.15, -0.1) is 0 Å². The van der Waals surface area contributed by atoms with Gasteiger partial charge in [0.1, 0.15) is 6.54 Å². The van der Waals surface area contributed by atoms with E-state index in [-0.39, 0.29) is 30.5 Å². The van der Waals surface area contributed by atoms with Crippen LogP contribution in [0.25, 0.3) is 0 Å². The molecule has 1 rings (SSSR count). The van der Waals surface area contributed by atoms with Crippen LogP contribution < -0.4 is 11.1 Å². The van der Waals surface area contributed by atoms with Gasteiger partial charge in [0.2, 0.25) is 5.91 Å². The summed E-state index contributed by atoms with van der Waals surface area (Å²) in [4.78, 5) is 12.1. The fourth-order valence-corrected chi connectivity index (χ4v) is 2.09. The molecule has 1 aromatic rings. The van der Waals surface area contributed by atoms with E-state index in [4.69, 9.17) is 10.8 Å². The van der Waals surface area contributed by atoms with Crippen LogP contribution >= 0.6 is 0 Å². The van der Waals surface area contributed by atoms with Crippen molar-refractivity contribution >= 4 is 11.6 Å². The molecule has 1 heterocycles. The van der Waals surface area contributed by atoms with Gasteiger partial charge in [0, 0.05) is 12.6 Å². The summed E-state index contributed by atoms with van der Waals surface area (Å²) in [7, 11) is 0. The smallest absolute Gasteiger partial charge is 0.241 e. The van der Waals surface area contributed by atoms with Crippen LogP contribution in [0.3, 0.4) is 0 Å². The number of nitrogens with two attached hydrogens (primary N) is 1. The lowest BCUT2D eigenvalue weighted by Gasteiger charge is -2.31. The third-order valence-electron chi connectivity index (χ3n) is 3.53. The minimum Gasteiger partial charge on any atom is -0.396 e. The molecule has 20 heavy (non-hydrogen) atoms. The summed E-state index contributed by atoms with van der Waals surface area (Å²) in [6, 6.07) is -0.0747. The fraction of sp³-hybridized carbons (Fsp3) is 0.714. The topological polar surface area (TPSA) is 93.2 Å². The van der Waals surface area contributed by atoms with E-state index in [0.29, 0.717) is 12.1 Å². The summed E-state index contributed by atoms with van der Waals surface area (Å²) >= 11 is 0. The van der Waals surface area contributed by atoms with E-state index in [1.54, 1.807) is 4.68 Å². The van der Waals surface area contributed by atoms with Crippen LogP contribution in [-0.2, 0) is 11.3 Å². The zero-order valence-corrected chi connectivity index (χ0v) is 13.0. The monoisotopic (exact) mass is 282 g/mol. The summed E-state index contributed by atoms with van der Waals surface area (Å²) < 4.78 is 1.61. The van der Waals surface area contributed by atoms with Crippen LogP contribution in [0.15, 0.2) is 0 Å². The van der Waals surface area contributed by atoms with Gasteiger partial charge in [0.05, 0.1) is 17.1 Å². The molecule has 1 aromatic heterocycles. The summed E-state index contributed by atoms with van der Waals surface area (Å²) in [6.07, 6.45) is 0.536. The van der Waals surface area contributed by atoms with Gasteiger partial charge in [-0.3, -0.25) is 9.48 Å². The highest BCUT2D eigenvalue weighted by Gasteiger charge is 2.26. The van der Waals surface area contributed by atoms with Crippen molar-refractivity contribution in [2.75, 3.05) is 12.3 Å². The number of carbonyl (C=O) groups excluding carboxylic acids is 1. The number of nitrogens with one attached hydrogen (secondary N) is 1. The number of nitrogens with zero attached hydrogens (tertiary/aromatic N) is 2. The maximum Gasteiger partial charge on any atom is 0.241 e. The first-order valence-corrected chi connectivity index (χ1v) is 6.86. The van der Waals surface area contributed by atoms with Crippen LogP contribution in [0, 0.1) is 19.3 Å². The van der Waals surface area contributed by atoms with Gasteiger partial charge in [0.15, 0.2) is 0 Å². The number of anilines is 1. The van der Waals surface area contributed by atoms with Gasteiger partial charge in [0.25, 0.3) is 0 Å². The molecule has 0 saturated heterocycles. The molecule has 0 aliphatic rings. The maximum absolute atomic E-state index is 12.1. The molecule has 4 N–H and O–H groups in total. The normalized spacial score (nSPS) is 13.3. The Bertz CT molecular complexity index is 474. The maximum atomic E-state index is 12.1. The molecule has 0 aliphatic carbocycles. The van der Waals surface area contributed by atoms with E-state index in [0.717, 1.165) is 11.4 Å². The predicted octanol–water partition coefficient (Wildman–Crippen LogP) is 0.995. The van der Waals surface area contributed by atoms with E-state index in [9.17, 15) is 4.79 Å². The first-order chi connectivity index (χ1) is 9.16. The van der Waals surface area contributed by atoms with E-state index < -0.39 is 0 Å². The SMILES string of the molecule is Cc1nn(CC(=O)NC(CCO)C(C)(C)C)c(C)c1N. The molecule has 1 atom stereocenters. The molecule has 0 bridgehead atoms. The zero-order chi connectivity index (χ0) is 15.5. The second-order valence-electron chi connectivity index (χ2n) is 6.24. The second-order valence-corrected chi connectivity index (χ2v) is 6.24. The van der Waals surface area contributed by atoms with Crippen molar-refractivity contribution in [1.29, 1.82) is 0 Å². The Morgan fingerprint density at radius 1 is 1.45 bits per heavy atom. The van der Waals surface area contributed by atoms with Gasteiger partial charge in [-0.1, -0.05) is 20.8 Å². The average molecular weight is 282 g/mol. The largest absolute Gasteiger partial charge is 0.396 e. The molecule has 114 valence electrons. The molecule has 0 saturated carbocycles. The van der Waals surface area contributed by atoms with E-state index >= 15 is 0 Å². The highest BCUT2D eigenvalue weighted by atomic mass is 16.3. The lowest BCUT2D eigenvalue weighted by molar-refractivity contribution is -0.123. The Labute approximate surface area is 120 Å². The first-order valence-electron chi connectivity index (χ1n) is 6.86. The number of carbonyl (C=O) groups is 1. The molecule has 1 amide bonds.